The minimum Gasteiger partial charge on any atom is -0.344 e. The van der Waals surface area contributed by atoms with Gasteiger partial charge < -0.3 is 10.2 Å². The number of hydrogen-bond donors (Lipinski definition) is 1. The van der Waals surface area contributed by atoms with Crippen LogP contribution < -0.4 is 5.32 Å². The maximum Gasteiger partial charge on any atom is 0.222 e. The molecule has 1 amide bonds. The highest BCUT2D eigenvalue weighted by atomic mass is 16.2. The molecule has 2 aliphatic rings. The summed E-state index contributed by atoms with van der Waals surface area (Å²) >= 11 is 0. The first-order chi connectivity index (χ1) is 7.25. The molecule has 1 heterocycles. The Kier molecular flexibility index (Phi) is 3.41. The molecule has 3 nitrogen and oxygen atoms in total. The molecule has 2 unspecified atom stereocenters. The number of hydrogen-bond acceptors (Lipinski definition) is 2. The molecule has 1 fully saturated rings. The zero-order valence-corrected chi connectivity index (χ0v) is 9.41. The molecule has 0 bridgehead atoms. The van der Waals surface area contributed by atoms with Crippen molar-refractivity contribution < 1.29 is 4.79 Å². The molecule has 1 aliphatic heterocycles. The Morgan fingerprint density at radius 2 is 2.33 bits per heavy atom. The lowest BCUT2D eigenvalue weighted by Gasteiger charge is -2.33. The number of carbonyl (C=O) groups excluding carboxylic acids is 1. The molecule has 0 aromatic heterocycles. The molecule has 0 aromatic carbocycles. The second-order valence-electron chi connectivity index (χ2n) is 4.64. The van der Waals surface area contributed by atoms with Gasteiger partial charge in [-0.25, -0.2) is 0 Å². The predicted molar refractivity (Wildman–Crippen MR) is 60.6 cm³/mol. The summed E-state index contributed by atoms with van der Waals surface area (Å²) < 4.78 is 0. The van der Waals surface area contributed by atoms with E-state index in [2.05, 4.69) is 17.5 Å². The molecule has 1 aliphatic carbocycles. The van der Waals surface area contributed by atoms with Crippen molar-refractivity contribution in [3.05, 3.63) is 12.2 Å². The molecule has 0 radical (unpaired) electrons. The molecule has 2 rings (SSSR count). The van der Waals surface area contributed by atoms with E-state index in [1.54, 1.807) is 0 Å². The summed E-state index contributed by atoms with van der Waals surface area (Å²) in [5.74, 6) is 0.284. The van der Waals surface area contributed by atoms with E-state index in [4.69, 9.17) is 0 Å². The van der Waals surface area contributed by atoms with Gasteiger partial charge in [0, 0.05) is 32.1 Å². The summed E-state index contributed by atoms with van der Waals surface area (Å²) in [5.41, 5.74) is 0. The highest BCUT2D eigenvalue weighted by molar-refractivity contribution is 5.76. The van der Waals surface area contributed by atoms with Crippen LogP contribution in [0, 0.1) is 0 Å². The summed E-state index contributed by atoms with van der Waals surface area (Å²) in [6, 6.07) is 1.02. The molecular weight excluding hydrogens is 188 g/mol. The van der Waals surface area contributed by atoms with Gasteiger partial charge in [-0.15, -0.1) is 0 Å². The van der Waals surface area contributed by atoms with E-state index in [-0.39, 0.29) is 5.91 Å². The van der Waals surface area contributed by atoms with Gasteiger partial charge in [0.15, 0.2) is 0 Å². The van der Waals surface area contributed by atoms with E-state index < -0.39 is 0 Å². The van der Waals surface area contributed by atoms with Crippen molar-refractivity contribution in [2.24, 2.45) is 0 Å². The van der Waals surface area contributed by atoms with Crippen LogP contribution in [-0.2, 0) is 4.79 Å². The summed E-state index contributed by atoms with van der Waals surface area (Å²) in [6.07, 6.45) is 9.98. The molecular formula is C12H20N2O. The molecule has 0 spiro atoms. The topological polar surface area (TPSA) is 32.3 Å². The number of piperidine rings is 1. The third kappa shape index (κ3) is 2.81. The number of amides is 1. The van der Waals surface area contributed by atoms with Crippen LogP contribution in [0.3, 0.4) is 0 Å². The first-order valence-electron chi connectivity index (χ1n) is 5.92. The third-order valence-corrected chi connectivity index (χ3v) is 3.33. The average molecular weight is 208 g/mol. The molecule has 3 heteroatoms. The van der Waals surface area contributed by atoms with E-state index in [0.29, 0.717) is 18.5 Å². The van der Waals surface area contributed by atoms with Crippen LogP contribution in [0.5, 0.6) is 0 Å². The van der Waals surface area contributed by atoms with E-state index in [9.17, 15) is 4.79 Å². The van der Waals surface area contributed by atoms with Crippen LogP contribution in [-0.4, -0.2) is 36.5 Å². The van der Waals surface area contributed by atoms with E-state index in [0.717, 1.165) is 13.0 Å². The van der Waals surface area contributed by atoms with Gasteiger partial charge in [-0.3, -0.25) is 4.79 Å². The first-order valence-corrected chi connectivity index (χ1v) is 5.92. The second kappa shape index (κ2) is 4.79. The quantitative estimate of drug-likeness (QED) is 0.694. The van der Waals surface area contributed by atoms with Crippen LogP contribution in [0.1, 0.15) is 32.1 Å². The lowest BCUT2D eigenvalue weighted by molar-refractivity contribution is -0.132. The summed E-state index contributed by atoms with van der Waals surface area (Å²) in [4.78, 5) is 13.2. The average Bonchev–Trinajstić information content (AvgIpc) is 2.25. The third-order valence-electron chi connectivity index (χ3n) is 3.33. The minimum absolute atomic E-state index is 0.284. The number of likely N-dealkylation sites (N-methyl/N-ethyl adjacent to an activating group) is 1. The largest absolute Gasteiger partial charge is 0.344 e. The fraction of sp³-hybridized carbons (Fsp3) is 0.750. The van der Waals surface area contributed by atoms with Crippen molar-refractivity contribution in [1.29, 1.82) is 0 Å². The van der Waals surface area contributed by atoms with Gasteiger partial charge >= 0.3 is 0 Å². The van der Waals surface area contributed by atoms with Crippen LogP contribution in [0.4, 0.5) is 0 Å². The van der Waals surface area contributed by atoms with Crippen molar-refractivity contribution in [1.82, 2.24) is 10.2 Å². The highest BCUT2D eigenvalue weighted by Crippen LogP contribution is 2.15. The maximum absolute atomic E-state index is 11.3. The van der Waals surface area contributed by atoms with Crippen molar-refractivity contribution in [3.63, 3.8) is 0 Å². The van der Waals surface area contributed by atoms with Crippen molar-refractivity contribution in [2.75, 3.05) is 13.6 Å². The number of rotatable bonds is 2. The number of likely N-dealkylation sites (tertiary alicyclic amines) is 1. The molecule has 0 aromatic rings. The summed E-state index contributed by atoms with van der Waals surface area (Å²) in [6.45, 7) is 0.864. The van der Waals surface area contributed by atoms with E-state index in [1.807, 2.05) is 11.9 Å². The van der Waals surface area contributed by atoms with Gasteiger partial charge in [0.25, 0.3) is 0 Å². The fourth-order valence-corrected chi connectivity index (χ4v) is 2.40. The van der Waals surface area contributed by atoms with E-state index in [1.165, 1.54) is 19.3 Å². The normalized spacial score (nSPS) is 32.1. The van der Waals surface area contributed by atoms with Gasteiger partial charge in [0.05, 0.1) is 0 Å². The van der Waals surface area contributed by atoms with Crippen LogP contribution in [0.25, 0.3) is 0 Å². The van der Waals surface area contributed by atoms with Gasteiger partial charge in [0.2, 0.25) is 5.91 Å². The van der Waals surface area contributed by atoms with Crippen LogP contribution >= 0.6 is 0 Å². The second-order valence-corrected chi connectivity index (χ2v) is 4.64. The van der Waals surface area contributed by atoms with Crippen LogP contribution in [0.15, 0.2) is 12.2 Å². The lowest BCUT2D eigenvalue weighted by Crippen LogP contribution is -2.49. The number of nitrogens with zero attached hydrogens (tertiary/aromatic N) is 1. The zero-order valence-electron chi connectivity index (χ0n) is 9.41. The van der Waals surface area contributed by atoms with Crippen molar-refractivity contribution in [3.8, 4) is 0 Å². The fourth-order valence-electron chi connectivity index (χ4n) is 2.40. The van der Waals surface area contributed by atoms with Crippen molar-refractivity contribution >= 4 is 5.91 Å². The maximum atomic E-state index is 11.3. The minimum atomic E-state index is 0.284. The smallest absolute Gasteiger partial charge is 0.222 e. The molecule has 0 saturated carbocycles. The molecule has 84 valence electrons. The standard InChI is InChI=1S/C12H20N2O/c1-14-9-11(7-8-12(14)15)13-10-5-3-2-4-6-10/h3,5,10-11,13H,2,4,6-9H2,1H3. The number of allylic oxidation sites excluding steroid dienone is 1. The number of nitrogens with one attached hydrogen (secondary N) is 1. The highest BCUT2D eigenvalue weighted by Gasteiger charge is 2.24. The van der Waals surface area contributed by atoms with Gasteiger partial charge in [-0.1, -0.05) is 12.2 Å². The Bertz CT molecular complexity index is 262. The SMILES string of the molecule is CN1CC(NC2C=CCCC2)CCC1=O. The van der Waals surface area contributed by atoms with E-state index >= 15 is 0 Å². The Morgan fingerprint density at radius 1 is 1.47 bits per heavy atom. The lowest BCUT2D eigenvalue weighted by atomic mass is 9.99. The zero-order chi connectivity index (χ0) is 10.7. The van der Waals surface area contributed by atoms with Crippen molar-refractivity contribution in [2.45, 2.75) is 44.2 Å². The molecule has 1 N–H and O–H groups in total. The first kappa shape index (κ1) is 10.7. The Balaban J connectivity index is 1.82. The Morgan fingerprint density at radius 3 is 3.00 bits per heavy atom. The van der Waals surface area contributed by atoms with Gasteiger partial charge in [-0.05, 0) is 25.7 Å². The molecule has 2 atom stereocenters. The number of carbonyl (C=O) groups is 1. The summed E-state index contributed by atoms with van der Waals surface area (Å²) in [5, 5.41) is 3.63. The van der Waals surface area contributed by atoms with Gasteiger partial charge in [-0.2, -0.15) is 0 Å². The Hall–Kier alpha value is -0.830. The summed E-state index contributed by atoms with van der Waals surface area (Å²) in [7, 11) is 1.90. The monoisotopic (exact) mass is 208 g/mol. The van der Waals surface area contributed by atoms with Crippen LogP contribution in [0.2, 0.25) is 0 Å². The Labute approximate surface area is 91.5 Å². The predicted octanol–water partition coefficient (Wildman–Crippen LogP) is 1.31. The molecule has 1 saturated heterocycles. The molecule has 15 heavy (non-hydrogen) atoms. The van der Waals surface area contributed by atoms with Gasteiger partial charge in [0.1, 0.15) is 0 Å².